The van der Waals surface area contributed by atoms with Crippen molar-refractivity contribution >= 4 is 6.79 Å². The Bertz CT molecular complexity index is 182. The molecular weight excluding hydrogens is 168 g/mol. The average molecular weight is 184 g/mol. The first-order valence-corrected chi connectivity index (χ1v) is 3.84. The van der Waals surface area contributed by atoms with Crippen molar-refractivity contribution in [1.29, 1.82) is 0 Å². The third-order valence-electron chi connectivity index (χ3n) is 0.756. The third kappa shape index (κ3) is 18.0. The van der Waals surface area contributed by atoms with Crippen LogP contribution in [-0.2, 0) is 4.79 Å². The molecule has 0 amide bonds. The molecule has 1 aromatic carbocycles. The van der Waals surface area contributed by atoms with E-state index < -0.39 is 0 Å². The molecule has 0 bridgehead atoms. The Kier molecular flexibility index (Phi) is 11.6. The van der Waals surface area contributed by atoms with Gasteiger partial charge in [0.15, 0.2) is 0 Å². The normalized spacial score (nSPS) is 7.69. The van der Waals surface area contributed by atoms with Crippen LogP contribution in [0, 0.1) is 0 Å². The van der Waals surface area contributed by atoms with Gasteiger partial charge in [-0.3, -0.25) is 0 Å². The van der Waals surface area contributed by atoms with Crippen molar-refractivity contribution in [3.8, 4) is 5.75 Å². The topological polar surface area (TPSA) is 57.5 Å². The lowest BCUT2D eigenvalue weighted by molar-refractivity contribution is -0.0979. The van der Waals surface area contributed by atoms with Crippen molar-refractivity contribution in [1.82, 2.24) is 0 Å². The Morgan fingerprint density at radius 3 is 1.62 bits per heavy atom. The number of para-hydroxylation sites is 1. The van der Waals surface area contributed by atoms with Gasteiger partial charge in [0.25, 0.3) is 0 Å². The number of phenolic OH excluding ortho intramolecular Hbond substituents is 1. The van der Waals surface area contributed by atoms with E-state index in [-0.39, 0.29) is 6.10 Å². The number of aliphatic hydroxyl groups is 1. The summed E-state index contributed by atoms with van der Waals surface area (Å²) in [5.74, 6) is 0.322. The first kappa shape index (κ1) is 14.2. The van der Waals surface area contributed by atoms with Crippen LogP contribution in [0.2, 0.25) is 0 Å². The number of aromatic hydroxyl groups is 1. The molecule has 0 aliphatic carbocycles. The largest absolute Gasteiger partial charge is 0.508 e. The monoisotopic (exact) mass is 184 g/mol. The van der Waals surface area contributed by atoms with E-state index in [1.54, 1.807) is 38.1 Å². The van der Waals surface area contributed by atoms with E-state index in [1.807, 2.05) is 12.9 Å². The van der Waals surface area contributed by atoms with Crippen molar-refractivity contribution in [2.24, 2.45) is 0 Å². The van der Waals surface area contributed by atoms with Crippen molar-refractivity contribution in [3.05, 3.63) is 30.3 Å². The van der Waals surface area contributed by atoms with E-state index in [1.165, 1.54) is 0 Å². The minimum absolute atomic E-state index is 0.167. The lowest BCUT2D eigenvalue weighted by Gasteiger charge is -1.82. The molecule has 0 aliphatic heterocycles. The fourth-order valence-corrected chi connectivity index (χ4v) is 0.428. The molecule has 0 saturated carbocycles. The highest BCUT2D eigenvalue weighted by Crippen LogP contribution is 2.02. The molecule has 2 N–H and O–H groups in total. The number of hydrogen-bond acceptors (Lipinski definition) is 3. The van der Waals surface area contributed by atoms with E-state index in [9.17, 15) is 0 Å². The van der Waals surface area contributed by atoms with Crippen LogP contribution >= 0.6 is 0 Å². The smallest absolute Gasteiger partial charge is 0.115 e. The van der Waals surface area contributed by atoms with Gasteiger partial charge in [-0.2, -0.15) is 0 Å². The maximum atomic E-state index is 8.63. The van der Waals surface area contributed by atoms with Crippen LogP contribution in [-0.4, -0.2) is 23.1 Å². The maximum absolute atomic E-state index is 8.63. The molecule has 0 radical (unpaired) electrons. The molecule has 0 saturated heterocycles. The van der Waals surface area contributed by atoms with Gasteiger partial charge in [0.05, 0.1) is 0 Å². The molecule has 1 aromatic rings. The van der Waals surface area contributed by atoms with E-state index >= 15 is 0 Å². The van der Waals surface area contributed by atoms with Gasteiger partial charge in [-0.15, -0.1) is 0 Å². The van der Waals surface area contributed by atoms with Crippen LogP contribution in [0.5, 0.6) is 5.75 Å². The maximum Gasteiger partial charge on any atom is 0.115 e. The molecule has 0 atom stereocenters. The Morgan fingerprint density at radius 2 is 1.46 bits per heavy atom. The number of aliphatic hydroxyl groups excluding tert-OH is 1. The highest BCUT2D eigenvalue weighted by molar-refractivity contribution is 5.18. The van der Waals surface area contributed by atoms with Gasteiger partial charge < -0.3 is 15.0 Å². The van der Waals surface area contributed by atoms with Crippen LogP contribution in [0.25, 0.3) is 0 Å². The zero-order valence-electron chi connectivity index (χ0n) is 7.97. The van der Waals surface area contributed by atoms with Gasteiger partial charge in [0.2, 0.25) is 0 Å². The van der Waals surface area contributed by atoms with Gasteiger partial charge in [-0.25, -0.2) is 0 Å². The van der Waals surface area contributed by atoms with Crippen LogP contribution in [0.1, 0.15) is 13.8 Å². The van der Waals surface area contributed by atoms with Gasteiger partial charge >= 0.3 is 0 Å². The summed E-state index contributed by atoms with van der Waals surface area (Å²) in [6.45, 7) is 5.44. The number of carbonyl (C=O) groups is 1. The van der Waals surface area contributed by atoms with Gasteiger partial charge in [0.1, 0.15) is 12.5 Å². The Balaban J connectivity index is 0. The lowest BCUT2D eigenvalue weighted by Crippen LogP contribution is -1.85. The van der Waals surface area contributed by atoms with Crippen LogP contribution in [0.3, 0.4) is 0 Å². The molecule has 13 heavy (non-hydrogen) atoms. The van der Waals surface area contributed by atoms with Gasteiger partial charge in [-0.05, 0) is 26.0 Å². The van der Waals surface area contributed by atoms with Crippen molar-refractivity contribution in [2.75, 3.05) is 0 Å². The predicted octanol–water partition coefficient (Wildman–Crippen LogP) is 1.59. The summed E-state index contributed by atoms with van der Waals surface area (Å²) in [4.78, 5) is 8.00. The van der Waals surface area contributed by atoms with E-state index in [0.29, 0.717) is 5.75 Å². The number of carbonyl (C=O) groups excluding carboxylic acids is 1. The molecule has 3 heteroatoms. The summed E-state index contributed by atoms with van der Waals surface area (Å²) in [6, 6.07) is 8.71. The summed E-state index contributed by atoms with van der Waals surface area (Å²) in [7, 11) is 0. The molecule has 0 unspecified atom stereocenters. The van der Waals surface area contributed by atoms with Gasteiger partial charge in [0, 0.05) is 6.10 Å². The van der Waals surface area contributed by atoms with Crippen LogP contribution in [0.4, 0.5) is 0 Å². The predicted molar refractivity (Wildman–Crippen MR) is 52.6 cm³/mol. The zero-order chi connectivity index (χ0) is 10.7. The van der Waals surface area contributed by atoms with Gasteiger partial charge in [-0.1, -0.05) is 18.2 Å². The second-order valence-corrected chi connectivity index (χ2v) is 2.43. The molecule has 1 rings (SSSR count). The third-order valence-corrected chi connectivity index (χ3v) is 0.756. The number of benzene rings is 1. The average Bonchev–Trinajstić information content (AvgIpc) is 2.08. The van der Waals surface area contributed by atoms with Crippen molar-refractivity contribution in [3.63, 3.8) is 0 Å². The van der Waals surface area contributed by atoms with Crippen molar-refractivity contribution < 1.29 is 15.0 Å². The Morgan fingerprint density at radius 1 is 1.15 bits per heavy atom. The fourth-order valence-electron chi connectivity index (χ4n) is 0.428. The van der Waals surface area contributed by atoms with Crippen molar-refractivity contribution in [2.45, 2.75) is 20.0 Å². The summed E-state index contributed by atoms with van der Waals surface area (Å²) in [5.41, 5.74) is 0. The minimum Gasteiger partial charge on any atom is -0.508 e. The first-order chi connectivity index (χ1) is 6.13. The van der Waals surface area contributed by atoms with E-state index in [0.717, 1.165) is 0 Å². The molecule has 0 heterocycles. The molecule has 0 aliphatic rings. The van der Waals surface area contributed by atoms with E-state index in [4.69, 9.17) is 15.0 Å². The summed E-state index contributed by atoms with van der Waals surface area (Å²) >= 11 is 0. The first-order valence-electron chi connectivity index (χ1n) is 3.84. The quantitative estimate of drug-likeness (QED) is 0.643. The Labute approximate surface area is 78.7 Å². The number of hydrogen-bond donors (Lipinski definition) is 2. The number of phenols is 1. The highest BCUT2D eigenvalue weighted by Gasteiger charge is 1.74. The molecule has 0 aromatic heterocycles. The molecule has 3 nitrogen and oxygen atoms in total. The SMILES string of the molecule is C=O.CC(C)O.Oc1ccccc1. The minimum atomic E-state index is -0.167. The number of rotatable bonds is 0. The zero-order valence-corrected chi connectivity index (χ0v) is 7.97. The summed E-state index contributed by atoms with van der Waals surface area (Å²) < 4.78 is 0. The second-order valence-electron chi connectivity index (χ2n) is 2.43. The Hall–Kier alpha value is -1.35. The second kappa shape index (κ2) is 10.7. The molecular formula is C10H16O3. The lowest BCUT2D eigenvalue weighted by atomic mass is 10.3. The summed E-state index contributed by atoms with van der Waals surface area (Å²) in [6.07, 6.45) is -0.167. The molecule has 0 spiro atoms. The van der Waals surface area contributed by atoms with E-state index in [2.05, 4.69) is 0 Å². The van der Waals surface area contributed by atoms with Crippen LogP contribution in [0.15, 0.2) is 30.3 Å². The molecule has 0 fully saturated rings. The summed E-state index contributed by atoms with van der Waals surface area (Å²) in [5, 5.41) is 16.7. The molecule has 74 valence electrons. The highest BCUT2D eigenvalue weighted by atomic mass is 16.3. The van der Waals surface area contributed by atoms with Crippen LogP contribution < -0.4 is 0 Å². The fraction of sp³-hybridized carbons (Fsp3) is 0.300. The standard InChI is InChI=1S/C6H6O.C3H8O.CH2O/c7-6-4-2-1-3-5-6;1-3(2)4;1-2/h1-5,7H;3-4H,1-2H3;1H2.